The van der Waals surface area contributed by atoms with Gasteiger partial charge in [0, 0.05) is 5.56 Å². The van der Waals surface area contributed by atoms with E-state index in [-0.39, 0.29) is 22.8 Å². The van der Waals surface area contributed by atoms with Crippen LogP contribution in [-0.4, -0.2) is 24.0 Å². The number of benzene rings is 2. The van der Waals surface area contributed by atoms with Crippen molar-refractivity contribution in [1.82, 2.24) is 0 Å². The number of hydrogen-bond acceptors (Lipinski definition) is 3. The van der Waals surface area contributed by atoms with Gasteiger partial charge in [0.1, 0.15) is 17.3 Å². The standard InChI is InChI=1S/C17H15N3O3/c1-10(18)20-17(22)16-14(21)8-7-13(19-2)15(16)11-5-4-6-12(9-11)23-3/h4-9,21H,1,3H3,(H2,18,20,22). The molecule has 0 atom stereocenters. The van der Waals surface area contributed by atoms with Crippen LogP contribution in [0.25, 0.3) is 16.0 Å². The van der Waals surface area contributed by atoms with Crippen LogP contribution in [0.1, 0.15) is 17.3 Å². The fraction of sp³-hybridized carbons (Fsp3) is 0.118. The van der Waals surface area contributed by atoms with Gasteiger partial charge in [0.2, 0.25) is 0 Å². The highest BCUT2D eigenvalue weighted by Gasteiger charge is 2.21. The number of aliphatic imine (C=N–C) groups is 1. The van der Waals surface area contributed by atoms with E-state index in [0.29, 0.717) is 16.9 Å². The zero-order chi connectivity index (χ0) is 17.0. The molecule has 6 nitrogen and oxygen atoms in total. The number of nitrogens with zero attached hydrogens (tertiary/aromatic N) is 2. The lowest BCUT2D eigenvalue weighted by molar-refractivity contribution is 0.100. The number of carbonyl (C=O) groups is 1. The Hall–Kier alpha value is -3.33. The Morgan fingerprint density at radius 1 is 1.35 bits per heavy atom. The lowest BCUT2D eigenvalue weighted by Crippen LogP contribution is -2.10. The molecule has 0 aliphatic carbocycles. The van der Waals surface area contributed by atoms with Gasteiger partial charge in [-0.25, -0.2) is 4.85 Å². The summed E-state index contributed by atoms with van der Waals surface area (Å²) in [5.41, 5.74) is 6.49. The molecule has 0 saturated heterocycles. The number of amidine groups is 1. The van der Waals surface area contributed by atoms with E-state index in [9.17, 15) is 9.90 Å². The minimum absolute atomic E-state index is 0.0587. The molecule has 2 aromatic rings. The Morgan fingerprint density at radius 3 is 2.70 bits per heavy atom. The molecule has 0 radical (unpaired) electrons. The summed E-state index contributed by atoms with van der Waals surface area (Å²) in [4.78, 5) is 19.4. The van der Waals surface area contributed by atoms with Gasteiger partial charge >= 0.3 is 0 Å². The van der Waals surface area contributed by atoms with Crippen molar-refractivity contribution >= 4 is 17.4 Å². The topological polar surface area (TPSA) is 89.3 Å². The second-order valence-corrected chi connectivity index (χ2v) is 4.76. The summed E-state index contributed by atoms with van der Waals surface area (Å²) in [7, 11) is 1.52. The second kappa shape index (κ2) is 6.62. The largest absolute Gasteiger partial charge is 0.507 e. The van der Waals surface area contributed by atoms with Gasteiger partial charge < -0.3 is 15.6 Å². The number of methoxy groups -OCH3 is 1. The molecule has 0 fully saturated rings. The van der Waals surface area contributed by atoms with Crippen molar-refractivity contribution in [2.24, 2.45) is 10.7 Å². The molecule has 3 N–H and O–H groups in total. The first-order valence-electron chi connectivity index (χ1n) is 6.71. The highest BCUT2D eigenvalue weighted by atomic mass is 16.5. The molecule has 0 heterocycles. The molecule has 1 amide bonds. The van der Waals surface area contributed by atoms with Gasteiger partial charge in [-0.1, -0.05) is 18.2 Å². The molecule has 0 aromatic heterocycles. The number of aromatic hydroxyl groups is 1. The molecule has 2 rings (SSSR count). The van der Waals surface area contributed by atoms with Crippen molar-refractivity contribution in [3.05, 3.63) is 53.4 Å². The first kappa shape index (κ1) is 16.0. The van der Waals surface area contributed by atoms with Crippen LogP contribution in [0, 0.1) is 6.57 Å². The van der Waals surface area contributed by atoms with Crippen LogP contribution in [0.15, 0.2) is 41.4 Å². The average molecular weight is 309 g/mol. The van der Waals surface area contributed by atoms with Crippen LogP contribution in [-0.2, 0) is 0 Å². The monoisotopic (exact) mass is 309 g/mol. The molecule has 0 aliphatic heterocycles. The van der Waals surface area contributed by atoms with Gasteiger partial charge in [0.15, 0.2) is 5.69 Å². The Morgan fingerprint density at radius 2 is 2.09 bits per heavy atom. The molecule has 0 spiro atoms. The van der Waals surface area contributed by atoms with E-state index in [4.69, 9.17) is 17.0 Å². The normalized spacial score (nSPS) is 10.9. The van der Waals surface area contributed by atoms with Crippen molar-refractivity contribution < 1.29 is 14.6 Å². The fourth-order valence-corrected chi connectivity index (χ4v) is 2.18. The summed E-state index contributed by atoms with van der Waals surface area (Å²) in [6.45, 7) is 8.79. The Balaban J connectivity index is 2.79. The van der Waals surface area contributed by atoms with Gasteiger partial charge in [-0.15, -0.1) is 0 Å². The smallest absolute Gasteiger partial charge is 0.281 e. The highest BCUT2D eigenvalue weighted by molar-refractivity contribution is 6.10. The first-order chi connectivity index (χ1) is 11.0. The van der Waals surface area contributed by atoms with Gasteiger partial charge in [-0.2, -0.15) is 4.99 Å². The third-order valence-electron chi connectivity index (χ3n) is 3.13. The maximum Gasteiger partial charge on any atom is 0.281 e. The third-order valence-corrected chi connectivity index (χ3v) is 3.13. The number of phenolic OH excluding ortho intramolecular Hbond substituents is 1. The Kier molecular flexibility index (Phi) is 4.62. The molecular formula is C17H15N3O3. The number of rotatable bonds is 3. The maximum absolute atomic E-state index is 12.3. The summed E-state index contributed by atoms with van der Waals surface area (Å²) in [5.74, 6) is -0.325. The molecular weight excluding hydrogens is 294 g/mol. The van der Waals surface area contributed by atoms with E-state index in [1.54, 1.807) is 24.3 Å². The van der Waals surface area contributed by atoms with Crippen LogP contribution in [0.3, 0.4) is 0 Å². The van der Waals surface area contributed by atoms with E-state index in [1.807, 2.05) is 0 Å². The summed E-state index contributed by atoms with van der Waals surface area (Å²) in [6, 6.07) is 9.63. The summed E-state index contributed by atoms with van der Waals surface area (Å²) < 4.78 is 5.17. The average Bonchev–Trinajstić information content (AvgIpc) is 2.53. The van der Waals surface area contributed by atoms with Crippen LogP contribution in [0.5, 0.6) is 11.5 Å². The first-order valence-corrected chi connectivity index (χ1v) is 6.71. The zero-order valence-electron chi connectivity index (χ0n) is 12.7. The van der Waals surface area contributed by atoms with Crippen molar-refractivity contribution in [1.29, 1.82) is 0 Å². The number of ether oxygens (including phenoxy) is 1. The minimum Gasteiger partial charge on any atom is -0.507 e. The van der Waals surface area contributed by atoms with E-state index >= 15 is 0 Å². The minimum atomic E-state index is -0.703. The molecule has 6 heteroatoms. The van der Waals surface area contributed by atoms with E-state index in [2.05, 4.69) is 9.84 Å². The number of nitrogens with two attached hydrogens (primary N) is 1. The van der Waals surface area contributed by atoms with Crippen LogP contribution in [0.4, 0.5) is 5.69 Å². The maximum atomic E-state index is 12.3. The SMILES string of the molecule is [C-]#[N+]c1ccc(O)c(C(=O)N=C(C)N)c1-c1cccc(OC)c1. The van der Waals surface area contributed by atoms with Crippen molar-refractivity contribution in [2.45, 2.75) is 6.92 Å². The van der Waals surface area contributed by atoms with Gasteiger partial charge in [-0.3, -0.25) is 4.79 Å². The zero-order valence-corrected chi connectivity index (χ0v) is 12.7. The van der Waals surface area contributed by atoms with E-state index in [0.717, 1.165) is 0 Å². The lowest BCUT2D eigenvalue weighted by Gasteiger charge is -2.12. The Labute approximate surface area is 133 Å². The van der Waals surface area contributed by atoms with Crippen LogP contribution in [0.2, 0.25) is 0 Å². The third kappa shape index (κ3) is 3.30. The highest BCUT2D eigenvalue weighted by Crippen LogP contribution is 2.39. The molecule has 23 heavy (non-hydrogen) atoms. The van der Waals surface area contributed by atoms with E-state index in [1.165, 1.54) is 26.2 Å². The number of amides is 1. The quantitative estimate of drug-likeness (QED) is 0.518. The summed E-state index contributed by atoms with van der Waals surface area (Å²) >= 11 is 0. The Bertz CT molecular complexity index is 831. The van der Waals surface area contributed by atoms with Crippen molar-refractivity contribution in [2.75, 3.05) is 7.11 Å². The molecule has 0 aliphatic rings. The van der Waals surface area contributed by atoms with Crippen molar-refractivity contribution in [3.63, 3.8) is 0 Å². The number of carbonyl (C=O) groups excluding carboxylic acids is 1. The molecule has 2 aromatic carbocycles. The summed E-state index contributed by atoms with van der Waals surface area (Å²) in [6.07, 6.45) is 0. The van der Waals surface area contributed by atoms with Gasteiger partial charge in [0.25, 0.3) is 5.91 Å². The predicted molar refractivity (Wildman–Crippen MR) is 88.0 cm³/mol. The van der Waals surface area contributed by atoms with Crippen LogP contribution >= 0.6 is 0 Å². The lowest BCUT2D eigenvalue weighted by atomic mass is 9.96. The number of hydrogen-bond donors (Lipinski definition) is 2. The van der Waals surface area contributed by atoms with Crippen molar-refractivity contribution in [3.8, 4) is 22.6 Å². The molecule has 0 saturated carbocycles. The summed E-state index contributed by atoms with van der Waals surface area (Å²) in [5, 5.41) is 10.1. The fourth-order valence-electron chi connectivity index (χ4n) is 2.18. The van der Waals surface area contributed by atoms with Crippen LogP contribution < -0.4 is 10.5 Å². The predicted octanol–water partition coefficient (Wildman–Crippen LogP) is 3.14. The second-order valence-electron chi connectivity index (χ2n) is 4.76. The van der Waals surface area contributed by atoms with E-state index < -0.39 is 5.91 Å². The molecule has 0 bridgehead atoms. The van der Waals surface area contributed by atoms with Gasteiger partial charge in [-0.05, 0) is 30.7 Å². The van der Waals surface area contributed by atoms with Gasteiger partial charge in [0.05, 0.1) is 19.2 Å². The number of phenols is 1. The molecule has 0 unspecified atom stereocenters. The molecule has 116 valence electrons.